The summed E-state index contributed by atoms with van der Waals surface area (Å²) in [7, 11) is 0. The van der Waals surface area contributed by atoms with Gasteiger partial charge in [-0.25, -0.2) is 0 Å². The van der Waals surface area contributed by atoms with E-state index in [1.807, 2.05) is 0 Å². The lowest BCUT2D eigenvalue weighted by atomic mass is 10.2. The van der Waals surface area contributed by atoms with Crippen LogP contribution in [0.2, 0.25) is 0 Å². The highest BCUT2D eigenvalue weighted by molar-refractivity contribution is 5.76. The average Bonchev–Trinajstić information content (AvgIpc) is 3.20. The van der Waals surface area contributed by atoms with Crippen LogP contribution in [0.5, 0.6) is 0 Å². The van der Waals surface area contributed by atoms with Crippen molar-refractivity contribution in [1.29, 1.82) is 0 Å². The minimum Gasteiger partial charge on any atom is -0.378 e. The quantitative estimate of drug-likeness (QED) is 0.326. The van der Waals surface area contributed by atoms with Gasteiger partial charge in [0.05, 0.1) is 4.92 Å². The first-order chi connectivity index (χ1) is 13.6. The molecule has 1 aromatic carbocycles. The predicted octanol–water partition coefficient (Wildman–Crippen LogP) is 2.20. The summed E-state index contributed by atoms with van der Waals surface area (Å²) in [4.78, 5) is 30.6. The van der Waals surface area contributed by atoms with Gasteiger partial charge in [0, 0.05) is 50.0 Å². The molecule has 10 nitrogen and oxygen atoms in total. The molecule has 0 saturated heterocycles. The average molecular weight is 382 g/mol. The molecule has 0 unspecified atom stereocenters. The molecule has 0 spiro atoms. The van der Waals surface area contributed by atoms with Crippen molar-refractivity contribution in [1.82, 2.24) is 20.4 Å². The van der Waals surface area contributed by atoms with Gasteiger partial charge in [-0.1, -0.05) is 17.3 Å². The SMILES string of the molecule is O=C(CCc1nc(-c2ccncc2)no1)NCCNc1ccccc1[N+](=O)[O-]. The standard InChI is InChI=1S/C18H18N6O4/c25-16(21-12-11-20-14-3-1-2-4-15(14)24(26)27)5-6-17-22-18(23-28-17)13-7-9-19-10-8-13/h1-4,7-10,20H,5-6,11-12H2,(H,21,25). The Morgan fingerprint density at radius 2 is 1.93 bits per heavy atom. The summed E-state index contributed by atoms with van der Waals surface area (Å²) >= 11 is 0. The van der Waals surface area contributed by atoms with Crippen molar-refractivity contribution in [3.05, 3.63) is 64.8 Å². The molecule has 2 aromatic heterocycles. The number of carbonyl (C=O) groups is 1. The van der Waals surface area contributed by atoms with E-state index in [1.165, 1.54) is 6.07 Å². The van der Waals surface area contributed by atoms with E-state index < -0.39 is 4.92 Å². The van der Waals surface area contributed by atoms with Crippen molar-refractivity contribution in [2.75, 3.05) is 18.4 Å². The Bertz CT molecular complexity index is 944. The molecule has 3 rings (SSSR count). The summed E-state index contributed by atoms with van der Waals surface area (Å²) in [6.45, 7) is 0.695. The Morgan fingerprint density at radius 1 is 1.14 bits per heavy atom. The van der Waals surface area contributed by atoms with Crippen LogP contribution in [0, 0.1) is 10.1 Å². The molecule has 10 heteroatoms. The molecule has 0 radical (unpaired) electrons. The molecule has 0 bridgehead atoms. The zero-order chi connectivity index (χ0) is 19.8. The van der Waals surface area contributed by atoms with Gasteiger partial charge in [0.15, 0.2) is 0 Å². The van der Waals surface area contributed by atoms with Gasteiger partial charge >= 0.3 is 0 Å². The van der Waals surface area contributed by atoms with Gasteiger partial charge in [-0.05, 0) is 18.2 Å². The number of rotatable bonds is 9. The maximum Gasteiger partial charge on any atom is 0.292 e. The number of hydrogen-bond acceptors (Lipinski definition) is 8. The minimum atomic E-state index is -0.453. The number of pyridine rings is 1. The maximum atomic E-state index is 11.9. The van der Waals surface area contributed by atoms with Crippen molar-refractivity contribution in [2.24, 2.45) is 0 Å². The van der Waals surface area contributed by atoms with E-state index in [9.17, 15) is 14.9 Å². The number of aryl methyl sites for hydroxylation is 1. The highest BCUT2D eigenvalue weighted by atomic mass is 16.6. The van der Waals surface area contributed by atoms with Gasteiger partial charge in [0.2, 0.25) is 17.6 Å². The fourth-order valence-corrected chi connectivity index (χ4v) is 2.46. The first-order valence-electron chi connectivity index (χ1n) is 8.60. The van der Waals surface area contributed by atoms with E-state index >= 15 is 0 Å². The third kappa shape index (κ3) is 5.10. The van der Waals surface area contributed by atoms with Crippen LogP contribution in [-0.2, 0) is 11.2 Å². The van der Waals surface area contributed by atoms with Crippen LogP contribution < -0.4 is 10.6 Å². The molecule has 2 heterocycles. The predicted molar refractivity (Wildman–Crippen MR) is 100 cm³/mol. The van der Waals surface area contributed by atoms with Crippen LogP contribution in [0.4, 0.5) is 11.4 Å². The molecule has 0 fully saturated rings. The van der Waals surface area contributed by atoms with Crippen molar-refractivity contribution in [3.63, 3.8) is 0 Å². The van der Waals surface area contributed by atoms with E-state index in [0.29, 0.717) is 36.9 Å². The number of nitro benzene ring substituents is 1. The second-order valence-corrected chi connectivity index (χ2v) is 5.80. The smallest absolute Gasteiger partial charge is 0.292 e. The number of aromatic nitrogens is 3. The molecule has 0 saturated carbocycles. The lowest BCUT2D eigenvalue weighted by Gasteiger charge is -2.08. The lowest BCUT2D eigenvalue weighted by Crippen LogP contribution is -2.29. The van der Waals surface area contributed by atoms with E-state index in [1.54, 1.807) is 42.7 Å². The van der Waals surface area contributed by atoms with Crippen molar-refractivity contribution in [2.45, 2.75) is 12.8 Å². The third-order valence-electron chi connectivity index (χ3n) is 3.84. The topological polar surface area (TPSA) is 136 Å². The molecule has 2 N–H and O–H groups in total. The fraction of sp³-hybridized carbons (Fsp3) is 0.222. The largest absolute Gasteiger partial charge is 0.378 e. The number of benzene rings is 1. The van der Waals surface area contributed by atoms with Crippen LogP contribution in [0.1, 0.15) is 12.3 Å². The molecule has 0 aliphatic heterocycles. The summed E-state index contributed by atoms with van der Waals surface area (Å²) in [5.74, 6) is 0.652. The number of anilines is 1. The van der Waals surface area contributed by atoms with Crippen LogP contribution in [0.15, 0.2) is 53.3 Å². The Hall–Kier alpha value is -3.82. The molecule has 3 aromatic rings. The van der Waals surface area contributed by atoms with E-state index in [2.05, 4.69) is 25.8 Å². The number of nitrogens with one attached hydrogen (secondary N) is 2. The van der Waals surface area contributed by atoms with Crippen molar-refractivity contribution >= 4 is 17.3 Å². The van der Waals surface area contributed by atoms with Crippen molar-refractivity contribution < 1.29 is 14.2 Å². The second-order valence-electron chi connectivity index (χ2n) is 5.80. The summed E-state index contributed by atoms with van der Waals surface area (Å²) in [6, 6.07) is 9.89. The Labute approximate surface area is 160 Å². The van der Waals surface area contributed by atoms with Gasteiger partial charge in [-0.15, -0.1) is 0 Å². The Morgan fingerprint density at radius 3 is 2.71 bits per heavy atom. The molecular formula is C18H18N6O4. The summed E-state index contributed by atoms with van der Waals surface area (Å²) in [6.07, 6.45) is 3.79. The molecule has 28 heavy (non-hydrogen) atoms. The van der Waals surface area contributed by atoms with Gasteiger partial charge < -0.3 is 15.2 Å². The third-order valence-corrected chi connectivity index (χ3v) is 3.84. The highest BCUT2D eigenvalue weighted by Gasteiger charge is 2.12. The number of para-hydroxylation sites is 2. The zero-order valence-electron chi connectivity index (χ0n) is 14.9. The second kappa shape index (κ2) is 9.21. The molecule has 0 atom stereocenters. The van der Waals surface area contributed by atoms with Crippen LogP contribution in [0.3, 0.4) is 0 Å². The van der Waals surface area contributed by atoms with Gasteiger partial charge in [0.1, 0.15) is 5.69 Å². The lowest BCUT2D eigenvalue weighted by molar-refractivity contribution is -0.384. The monoisotopic (exact) mass is 382 g/mol. The van der Waals surface area contributed by atoms with Gasteiger partial charge in [0.25, 0.3) is 5.69 Å². The van der Waals surface area contributed by atoms with Crippen LogP contribution in [0.25, 0.3) is 11.4 Å². The summed E-state index contributed by atoms with van der Waals surface area (Å²) in [5.41, 5.74) is 1.20. The highest BCUT2D eigenvalue weighted by Crippen LogP contribution is 2.22. The number of hydrogen-bond donors (Lipinski definition) is 2. The summed E-state index contributed by atoms with van der Waals surface area (Å²) < 4.78 is 5.15. The van der Waals surface area contributed by atoms with Gasteiger partial charge in [-0.2, -0.15) is 4.98 Å². The van der Waals surface area contributed by atoms with Crippen LogP contribution >= 0.6 is 0 Å². The molecule has 0 aliphatic carbocycles. The number of nitro groups is 1. The zero-order valence-corrected chi connectivity index (χ0v) is 14.9. The molecule has 0 aliphatic rings. The maximum absolute atomic E-state index is 11.9. The van der Waals surface area contributed by atoms with E-state index in [4.69, 9.17) is 4.52 Å². The van der Waals surface area contributed by atoms with Crippen molar-refractivity contribution in [3.8, 4) is 11.4 Å². The van der Waals surface area contributed by atoms with E-state index in [0.717, 1.165) is 5.56 Å². The van der Waals surface area contributed by atoms with Gasteiger partial charge in [-0.3, -0.25) is 19.9 Å². The first-order valence-corrected chi connectivity index (χ1v) is 8.60. The number of nitrogens with zero attached hydrogens (tertiary/aromatic N) is 4. The molecule has 144 valence electrons. The van der Waals surface area contributed by atoms with Crippen LogP contribution in [-0.4, -0.2) is 39.0 Å². The molecule has 1 amide bonds. The van der Waals surface area contributed by atoms with E-state index in [-0.39, 0.29) is 18.0 Å². The normalized spacial score (nSPS) is 10.4. The first kappa shape index (κ1) is 19.0. The minimum absolute atomic E-state index is 0.00442. The fourth-order valence-electron chi connectivity index (χ4n) is 2.46. The molecular weight excluding hydrogens is 364 g/mol. The Balaban J connectivity index is 1.40. The Kier molecular flexibility index (Phi) is 6.24. The summed E-state index contributed by atoms with van der Waals surface area (Å²) in [5, 5.41) is 20.5. The number of carbonyl (C=O) groups excluding carboxylic acids is 1. The number of amides is 1.